The van der Waals surface area contributed by atoms with E-state index in [2.05, 4.69) is 10.3 Å². The van der Waals surface area contributed by atoms with Crippen molar-refractivity contribution in [2.24, 2.45) is 4.99 Å². The zero-order valence-electron chi connectivity index (χ0n) is 11.3. The summed E-state index contributed by atoms with van der Waals surface area (Å²) in [6.45, 7) is 4.58. The maximum absolute atomic E-state index is 8.67. The Bertz CT molecular complexity index is 643. The molecule has 1 aromatic rings. The molecular weight excluding hydrogens is 252 g/mol. The van der Waals surface area contributed by atoms with Crippen LogP contribution in [0.1, 0.15) is 19.4 Å². The van der Waals surface area contributed by atoms with Gasteiger partial charge >= 0.3 is 0 Å². The van der Waals surface area contributed by atoms with Crippen LogP contribution >= 0.6 is 0 Å². The number of nitrogens with zero attached hydrogens (tertiary/aromatic N) is 3. The van der Waals surface area contributed by atoms with Crippen molar-refractivity contribution in [1.29, 1.82) is 10.5 Å². The van der Waals surface area contributed by atoms with Crippen LogP contribution < -0.4 is 5.32 Å². The van der Waals surface area contributed by atoms with Crippen molar-refractivity contribution in [3.8, 4) is 12.1 Å². The monoisotopic (exact) mass is 266 g/mol. The summed E-state index contributed by atoms with van der Waals surface area (Å²) in [6.07, 6.45) is 1.38. The predicted molar refractivity (Wildman–Crippen MR) is 75.9 cm³/mol. The zero-order chi connectivity index (χ0) is 14.6. The Kier molecular flexibility index (Phi) is 3.72. The number of benzene rings is 1. The van der Waals surface area contributed by atoms with E-state index >= 15 is 0 Å². The lowest BCUT2D eigenvalue weighted by atomic mass is 10.1. The summed E-state index contributed by atoms with van der Waals surface area (Å²) >= 11 is 0. The third-order valence-electron chi connectivity index (χ3n) is 2.70. The van der Waals surface area contributed by atoms with Gasteiger partial charge in [-0.05, 0) is 32.0 Å². The van der Waals surface area contributed by atoms with E-state index in [0.717, 1.165) is 11.3 Å². The summed E-state index contributed by atoms with van der Waals surface area (Å²) in [5, 5.41) is 20.3. The highest BCUT2D eigenvalue weighted by Crippen LogP contribution is 2.22. The second kappa shape index (κ2) is 5.46. The fraction of sp³-hybridized carbons (Fsp3) is 0.267. The van der Waals surface area contributed by atoms with Gasteiger partial charge in [-0.3, -0.25) is 0 Å². The number of nitrogens with one attached hydrogen (secondary N) is 1. The number of allylic oxidation sites excluding steroid dienone is 1. The van der Waals surface area contributed by atoms with Crippen molar-refractivity contribution >= 4 is 11.6 Å². The molecule has 0 bridgehead atoms. The first-order valence-corrected chi connectivity index (χ1v) is 6.14. The highest BCUT2D eigenvalue weighted by molar-refractivity contribution is 5.96. The normalized spacial score (nSPS) is 15.3. The molecule has 5 nitrogen and oxygen atoms in total. The Labute approximate surface area is 117 Å². The van der Waals surface area contributed by atoms with Gasteiger partial charge in [0.15, 0.2) is 0 Å². The molecule has 100 valence electrons. The van der Waals surface area contributed by atoms with E-state index in [4.69, 9.17) is 15.3 Å². The summed E-state index contributed by atoms with van der Waals surface area (Å²) in [5.41, 5.74) is 1.45. The zero-order valence-corrected chi connectivity index (χ0v) is 11.3. The van der Waals surface area contributed by atoms with Crippen molar-refractivity contribution in [3.05, 3.63) is 41.6 Å². The summed E-state index contributed by atoms with van der Waals surface area (Å²) in [6, 6.07) is 11.1. The quantitative estimate of drug-likeness (QED) is 0.852. The van der Waals surface area contributed by atoms with Crippen LogP contribution in [0.4, 0.5) is 5.69 Å². The van der Waals surface area contributed by atoms with Gasteiger partial charge in [0, 0.05) is 17.5 Å². The largest absolute Gasteiger partial charge is 0.475 e. The number of hydrogen-bond donors (Lipinski definition) is 1. The molecule has 1 aliphatic rings. The van der Waals surface area contributed by atoms with E-state index in [9.17, 15) is 0 Å². The molecule has 0 spiro atoms. The van der Waals surface area contributed by atoms with Crippen molar-refractivity contribution in [2.75, 3.05) is 11.9 Å². The van der Waals surface area contributed by atoms with Gasteiger partial charge in [0.1, 0.15) is 24.3 Å². The molecule has 0 aromatic heterocycles. The van der Waals surface area contributed by atoms with Gasteiger partial charge in [-0.15, -0.1) is 0 Å². The lowest BCUT2D eigenvalue weighted by Gasteiger charge is -2.07. The van der Waals surface area contributed by atoms with Crippen LogP contribution in [0.5, 0.6) is 0 Å². The maximum Gasteiger partial charge on any atom is 0.216 e. The Morgan fingerprint density at radius 1 is 1.40 bits per heavy atom. The third-order valence-corrected chi connectivity index (χ3v) is 2.70. The van der Waals surface area contributed by atoms with Gasteiger partial charge in [0.05, 0.1) is 5.54 Å². The van der Waals surface area contributed by atoms with Gasteiger partial charge in [-0.2, -0.15) is 10.5 Å². The average Bonchev–Trinajstić information content (AvgIpc) is 2.81. The Hall–Kier alpha value is -2.79. The number of hydrogen-bond acceptors (Lipinski definition) is 5. The fourth-order valence-corrected chi connectivity index (χ4v) is 1.72. The van der Waals surface area contributed by atoms with E-state index in [0.29, 0.717) is 12.5 Å². The van der Waals surface area contributed by atoms with Crippen molar-refractivity contribution in [2.45, 2.75) is 19.4 Å². The molecule has 0 amide bonds. The molecule has 0 radical (unpaired) electrons. The van der Waals surface area contributed by atoms with Crippen LogP contribution in [-0.4, -0.2) is 18.0 Å². The molecule has 1 N–H and O–H groups in total. The molecule has 0 saturated heterocycles. The molecular formula is C15H14N4O. The summed E-state index contributed by atoms with van der Waals surface area (Å²) < 4.78 is 5.58. The molecule has 0 atom stereocenters. The highest BCUT2D eigenvalue weighted by Gasteiger charge is 2.26. The topological polar surface area (TPSA) is 81.2 Å². The molecule has 0 saturated carbocycles. The highest BCUT2D eigenvalue weighted by atomic mass is 16.5. The summed E-state index contributed by atoms with van der Waals surface area (Å²) in [7, 11) is 0. The van der Waals surface area contributed by atoms with Gasteiger partial charge in [0.2, 0.25) is 5.90 Å². The third kappa shape index (κ3) is 3.15. The minimum Gasteiger partial charge on any atom is -0.475 e. The summed E-state index contributed by atoms with van der Waals surface area (Å²) in [4.78, 5) is 4.51. The molecule has 1 aliphatic heterocycles. The SMILES string of the molecule is CC1(C)COC(c2cccc(NC=C(C#N)C#N)c2)=N1. The standard InChI is InChI=1S/C15H14N4O/c1-15(2)10-20-14(19-15)12-4-3-5-13(6-12)18-9-11(7-16)8-17/h3-6,9,18H,10H2,1-2H3. The lowest BCUT2D eigenvalue weighted by molar-refractivity contribution is 0.279. The number of anilines is 1. The first-order valence-electron chi connectivity index (χ1n) is 6.14. The molecule has 1 aromatic carbocycles. The molecule has 2 rings (SSSR count). The molecule has 0 unspecified atom stereocenters. The van der Waals surface area contributed by atoms with Crippen molar-refractivity contribution in [3.63, 3.8) is 0 Å². The van der Waals surface area contributed by atoms with Crippen LogP contribution in [0.2, 0.25) is 0 Å². The van der Waals surface area contributed by atoms with Crippen LogP contribution in [0.15, 0.2) is 41.0 Å². The molecule has 5 heteroatoms. The van der Waals surface area contributed by atoms with Gasteiger partial charge < -0.3 is 10.1 Å². The van der Waals surface area contributed by atoms with Crippen molar-refractivity contribution in [1.82, 2.24) is 0 Å². The number of rotatable bonds is 3. The van der Waals surface area contributed by atoms with E-state index in [1.165, 1.54) is 6.20 Å². The number of ether oxygens (including phenoxy) is 1. The van der Waals surface area contributed by atoms with Gasteiger partial charge in [-0.25, -0.2) is 4.99 Å². The van der Waals surface area contributed by atoms with Crippen LogP contribution in [0, 0.1) is 22.7 Å². The average molecular weight is 266 g/mol. The maximum atomic E-state index is 8.67. The lowest BCUT2D eigenvalue weighted by Crippen LogP contribution is -2.17. The molecule has 0 aliphatic carbocycles. The van der Waals surface area contributed by atoms with Crippen LogP contribution in [0.3, 0.4) is 0 Å². The smallest absolute Gasteiger partial charge is 0.216 e. The van der Waals surface area contributed by atoms with Gasteiger partial charge in [0.25, 0.3) is 0 Å². The molecule has 1 heterocycles. The minimum atomic E-state index is -0.201. The summed E-state index contributed by atoms with van der Waals surface area (Å²) in [5.74, 6) is 0.614. The van der Waals surface area contributed by atoms with Crippen molar-refractivity contribution < 1.29 is 4.74 Å². The first kappa shape index (κ1) is 13.6. The minimum absolute atomic E-state index is 0.0194. The van der Waals surface area contributed by atoms with Gasteiger partial charge in [-0.1, -0.05) is 6.07 Å². The molecule has 20 heavy (non-hydrogen) atoms. The van der Waals surface area contributed by atoms with E-state index in [-0.39, 0.29) is 11.1 Å². The Morgan fingerprint density at radius 3 is 2.75 bits per heavy atom. The first-order chi connectivity index (χ1) is 9.54. The Morgan fingerprint density at radius 2 is 2.15 bits per heavy atom. The molecule has 0 fully saturated rings. The second-order valence-corrected chi connectivity index (χ2v) is 5.02. The Balaban J connectivity index is 2.20. The second-order valence-electron chi connectivity index (χ2n) is 5.02. The number of aliphatic imine (C=N–C) groups is 1. The van der Waals surface area contributed by atoms with Crippen LogP contribution in [-0.2, 0) is 4.74 Å². The van der Waals surface area contributed by atoms with E-state index < -0.39 is 0 Å². The van der Waals surface area contributed by atoms with Crippen LogP contribution in [0.25, 0.3) is 0 Å². The fourth-order valence-electron chi connectivity index (χ4n) is 1.72. The number of nitriles is 2. The van der Waals surface area contributed by atoms with E-state index in [1.807, 2.05) is 38.1 Å². The van der Waals surface area contributed by atoms with E-state index in [1.54, 1.807) is 12.1 Å². The predicted octanol–water partition coefficient (Wildman–Crippen LogP) is 2.58.